The van der Waals surface area contributed by atoms with Gasteiger partial charge in [-0.25, -0.2) is 0 Å². The molecule has 0 fully saturated rings. The first-order valence-corrected chi connectivity index (χ1v) is 14.9. The van der Waals surface area contributed by atoms with Gasteiger partial charge < -0.3 is 10.2 Å². The molecule has 3 aromatic rings. The molecule has 0 aromatic heterocycles. The zero-order valence-electron chi connectivity index (χ0n) is 25.3. The molecule has 208 valence electrons. The Morgan fingerprint density at radius 3 is 2.24 bits per heavy atom. The summed E-state index contributed by atoms with van der Waals surface area (Å²) in [5.74, 6) is 0. The molecule has 41 heavy (non-hydrogen) atoms. The molecule has 2 nitrogen and oxygen atoms in total. The predicted molar refractivity (Wildman–Crippen MR) is 175 cm³/mol. The number of hydrogen-bond acceptors (Lipinski definition) is 2. The van der Waals surface area contributed by atoms with Gasteiger partial charge in [-0.1, -0.05) is 120 Å². The predicted octanol–water partition coefficient (Wildman–Crippen LogP) is 9.91. The number of allylic oxidation sites excluding steroid dienone is 4. The molecule has 3 aliphatic heterocycles. The molecule has 3 aliphatic rings. The van der Waals surface area contributed by atoms with Crippen LogP contribution in [0.15, 0.2) is 121 Å². The fraction of sp³-hybridized carbons (Fsp3) is 0.282. The Hall–Kier alpha value is -4.04. The quantitative estimate of drug-likeness (QED) is 0.355. The monoisotopic (exact) mass is 538 g/mol. The van der Waals surface area contributed by atoms with Crippen molar-refractivity contribution in [3.8, 4) is 11.1 Å². The summed E-state index contributed by atoms with van der Waals surface area (Å²) in [6, 6.07) is 26.7. The molecule has 3 heterocycles. The van der Waals surface area contributed by atoms with Gasteiger partial charge in [0.2, 0.25) is 0 Å². The second-order valence-corrected chi connectivity index (χ2v) is 13.8. The van der Waals surface area contributed by atoms with Gasteiger partial charge in [0, 0.05) is 29.6 Å². The largest absolute Gasteiger partial charge is 0.381 e. The van der Waals surface area contributed by atoms with E-state index in [2.05, 4.69) is 161 Å². The van der Waals surface area contributed by atoms with Gasteiger partial charge in [0.05, 0.1) is 6.04 Å². The highest BCUT2D eigenvalue weighted by molar-refractivity contribution is 5.92. The fourth-order valence-electron chi connectivity index (χ4n) is 6.27. The van der Waals surface area contributed by atoms with E-state index < -0.39 is 0 Å². The first-order valence-electron chi connectivity index (χ1n) is 14.9. The van der Waals surface area contributed by atoms with Crippen molar-refractivity contribution in [2.45, 2.75) is 54.0 Å². The highest BCUT2D eigenvalue weighted by Crippen LogP contribution is 2.43. The van der Waals surface area contributed by atoms with Gasteiger partial charge in [0.15, 0.2) is 0 Å². The smallest absolute Gasteiger partial charge is 0.0704 e. The second-order valence-electron chi connectivity index (χ2n) is 13.8. The SMILES string of the molecule is CC(C)(C)CC1=CC=C2c3ccccc3C(c3ccc(-c4ccccc4)cc3C3C=C(C(C)(C)C)C=CN3)=CN2C1. The molecule has 1 atom stereocenters. The molecule has 0 saturated heterocycles. The summed E-state index contributed by atoms with van der Waals surface area (Å²) in [4.78, 5) is 2.47. The molecule has 0 bridgehead atoms. The number of dihydropyridines is 1. The number of rotatable bonds is 4. The summed E-state index contributed by atoms with van der Waals surface area (Å²) in [5, 5.41) is 3.69. The van der Waals surface area contributed by atoms with Crippen LogP contribution in [0.2, 0.25) is 0 Å². The summed E-state index contributed by atoms with van der Waals surface area (Å²) in [6.45, 7) is 14.8. The van der Waals surface area contributed by atoms with E-state index in [4.69, 9.17) is 0 Å². The maximum atomic E-state index is 3.69. The van der Waals surface area contributed by atoms with Crippen LogP contribution in [0.4, 0.5) is 0 Å². The van der Waals surface area contributed by atoms with Gasteiger partial charge in [0.25, 0.3) is 0 Å². The fourth-order valence-corrected chi connectivity index (χ4v) is 6.27. The lowest BCUT2D eigenvalue weighted by atomic mass is 9.80. The maximum absolute atomic E-state index is 3.69. The van der Waals surface area contributed by atoms with Gasteiger partial charge in [-0.15, -0.1) is 0 Å². The van der Waals surface area contributed by atoms with Gasteiger partial charge in [-0.2, -0.15) is 0 Å². The van der Waals surface area contributed by atoms with Crippen molar-refractivity contribution < 1.29 is 0 Å². The minimum Gasteiger partial charge on any atom is -0.381 e. The minimum absolute atomic E-state index is 0.0774. The van der Waals surface area contributed by atoms with Crippen LogP contribution in [-0.4, -0.2) is 11.4 Å². The molecule has 1 N–H and O–H groups in total. The van der Waals surface area contributed by atoms with E-state index in [9.17, 15) is 0 Å². The van der Waals surface area contributed by atoms with Crippen LogP contribution in [-0.2, 0) is 0 Å². The van der Waals surface area contributed by atoms with E-state index in [1.807, 2.05) is 0 Å². The van der Waals surface area contributed by atoms with Crippen LogP contribution in [0.5, 0.6) is 0 Å². The first kappa shape index (κ1) is 27.1. The lowest BCUT2D eigenvalue weighted by Gasteiger charge is -2.36. The molecular formula is C39H42N2. The van der Waals surface area contributed by atoms with E-state index in [1.165, 1.54) is 55.8 Å². The number of benzene rings is 3. The Kier molecular flexibility index (Phi) is 6.90. The van der Waals surface area contributed by atoms with Crippen molar-refractivity contribution in [2.24, 2.45) is 10.8 Å². The summed E-state index contributed by atoms with van der Waals surface area (Å²) < 4.78 is 0. The molecule has 6 rings (SSSR count). The Morgan fingerprint density at radius 2 is 1.51 bits per heavy atom. The van der Waals surface area contributed by atoms with Gasteiger partial charge in [-0.05, 0) is 80.6 Å². The third kappa shape index (κ3) is 5.61. The number of nitrogens with zero attached hydrogens (tertiary/aromatic N) is 1. The lowest BCUT2D eigenvalue weighted by molar-refractivity contribution is 0.393. The van der Waals surface area contributed by atoms with Crippen molar-refractivity contribution in [2.75, 3.05) is 6.54 Å². The Morgan fingerprint density at radius 1 is 0.780 bits per heavy atom. The van der Waals surface area contributed by atoms with Gasteiger partial charge in [0.1, 0.15) is 0 Å². The standard InChI is InChI=1S/C39H42N2/c1-38(2,3)24-27-16-19-37-33-15-11-10-14-31(33)35(26-41(37)25-27)32-18-17-29(28-12-8-7-9-13-28)22-34(32)36-23-30(20-21-40-36)39(4,5)6/h7-23,26,36,40H,24-25H2,1-6H3. The van der Waals surface area contributed by atoms with Gasteiger partial charge >= 0.3 is 0 Å². The lowest BCUT2D eigenvalue weighted by Crippen LogP contribution is -2.27. The molecule has 0 spiro atoms. The van der Waals surface area contributed by atoms with Crippen LogP contribution in [0.3, 0.4) is 0 Å². The molecule has 0 radical (unpaired) electrons. The Balaban J connectivity index is 1.51. The summed E-state index contributed by atoms with van der Waals surface area (Å²) in [6.07, 6.45) is 14.9. The zero-order chi connectivity index (χ0) is 28.8. The average molecular weight is 539 g/mol. The highest BCUT2D eigenvalue weighted by Gasteiger charge is 2.29. The van der Waals surface area contributed by atoms with Crippen LogP contribution in [0.25, 0.3) is 22.4 Å². The van der Waals surface area contributed by atoms with Crippen molar-refractivity contribution in [1.29, 1.82) is 0 Å². The topological polar surface area (TPSA) is 15.3 Å². The molecule has 2 heteroatoms. The van der Waals surface area contributed by atoms with Crippen LogP contribution in [0.1, 0.15) is 76.3 Å². The second kappa shape index (κ2) is 10.4. The number of nitrogens with one attached hydrogen (secondary N) is 1. The van der Waals surface area contributed by atoms with Crippen molar-refractivity contribution in [3.63, 3.8) is 0 Å². The Bertz CT molecular complexity index is 1610. The maximum Gasteiger partial charge on any atom is 0.0704 e. The van der Waals surface area contributed by atoms with E-state index in [0.29, 0.717) is 0 Å². The molecule has 0 saturated carbocycles. The normalized spacial score (nSPS) is 18.4. The van der Waals surface area contributed by atoms with Crippen LogP contribution >= 0.6 is 0 Å². The number of hydrogen-bond donors (Lipinski definition) is 1. The average Bonchev–Trinajstić information content (AvgIpc) is 2.95. The van der Waals surface area contributed by atoms with E-state index in [1.54, 1.807) is 0 Å². The van der Waals surface area contributed by atoms with Crippen LogP contribution in [0, 0.1) is 10.8 Å². The molecular weight excluding hydrogens is 496 g/mol. The number of fused-ring (bicyclic) bond motifs is 3. The van der Waals surface area contributed by atoms with E-state index in [0.717, 1.165) is 13.0 Å². The van der Waals surface area contributed by atoms with Crippen molar-refractivity contribution in [1.82, 2.24) is 10.2 Å². The highest BCUT2D eigenvalue weighted by atomic mass is 15.1. The zero-order valence-corrected chi connectivity index (χ0v) is 25.3. The van der Waals surface area contributed by atoms with Gasteiger partial charge in [-0.3, -0.25) is 0 Å². The third-order valence-electron chi connectivity index (χ3n) is 8.23. The third-order valence-corrected chi connectivity index (χ3v) is 8.23. The summed E-state index contributed by atoms with van der Waals surface area (Å²) >= 11 is 0. The molecule has 0 amide bonds. The molecule has 0 aliphatic carbocycles. The van der Waals surface area contributed by atoms with Crippen molar-refractivity contribution >= 4 is 11.3 Å². The van der Waals surface area contributed by atoms with Crippen molar-refractivity contribution in [3.05, 3.63) is 143 Å². The van der Waals surface area contributed by atoms with Crippen LogP contribution < -0.4 is 5.32 Å². The summed E-state index contributed by atoms with van der Waals surface area (Å²) in [5.41, 5.74) is 13.4. The van der Waals surface area contributed by atoms with E-state index >= 15 is 0 Å². The van der Waals surface area contributed by atoms with E-state index in [-0.39, 0.29) is 16.9 Å². The Labute approximate surface area is 246 Å². The minimum atomic E-state index is 0.0774. The molecule has 1 unspecified atom stereocenters. The summed E-state index contributed by atoms with van der Waals surface area (Å²) in [7, 11) is 0. The first-order chi connectivity index (χ1) is 19.6. The molecule has 3 aromatic carbocycles.